The maximum atomic E-state index is 11.9. The van der Waals surface area contributed by atoms with Gasteiger partial charge in [-0.05, 0) is 30.5 Å². The van der Waals surface area contributed by atoms with E-state index in [1.165, 1.54) is 0 Å². The van der Waals surface area contributed by atoms with E-state index in [-0.39, 0.29) is 12.1 Å². The van der Waals surface area contributed by atoms with Crippen LogP contribution in [0.5, 0.6) is 0 Å². The zero-order valence-corrected chi connectivity index (χ0v) is 13.0. The number of aromatic amines is 1. The minimum absolute atomic E-state index is 0.129. The van der Waals surface area contributed by atoms with Crippen LogP contribution in [0.4, 0.5) is 0 Å². The van der Waals surface area contributed by atoms with Crippen LogP contribution >= 0.6 is 11.6 Å². The monoisotopic (exact) mass is 322 g/mol. The van der Waals surface area contributed by atoms with Crippen molar-refractivity contribution in [3.8, 4) is 11.3 Å². The zero-order valence-electron chi connectivity index (χ0n) is 12.2. The van der Waals surface area contributed by atoms with E-state index in [1.807, 2.05) is 12.1 Å². The summed E-state index contributed by atoms with van der Waals surface area (Å²) in [4.78, 5) is 25.0. The summed E-state index contributed by atoms with van der Waals surface area (Å²) in [5.41, 5.74) is 1.65. The topological polar surface area (TPSA) is 75.1 Å². The Bertz CT molecular complexity index is 673. The van der Waals surface area contributed by atoms with E-state index >= 15 is 0 Å². The lowest BCUT2D eigenvalue weighted by Crippen LogP contribution is -2.17. The van der Waals surface area contributed by atoms with Crippen molar-refractivity contribution in [2.24, 2.45) is 0 Å². The van der Waals surface area contributed by atoms with Crippen molar-refractivity contribution in [1.82, 2.24) is 9.55 Å². The van der Waals surface area contributed by atoms with Gasteiger partial charge in [0.15, 0.2) is 0 Å². The normalized spacial score (nSPS) is 10.8. The largest absolute Gasteiger partial charge is 0.481 e. The van der Waals surface area contributed by atoms with Crippen LogP contribution in [0.25, 0.3) is 11.3 Å². The summed E-state index contributed by atoms with van der Waals surface area (Å²) in [5, 5.41) is 9.24. The molecule has 0 radical (unpaired) electrons. The van der Waals surface area contributed by atoms with Crippen LogP contribution in [-0.2, 0) is 11.3 Å². The van der Waals surface area contributed by atoms with Gasteiger partial charge in [-0.1, -0.05) is 36.6 Å². The number of aromatic nitrogens is 2. The van der Waals surface area contributed by atoms with E-state index in [2.05, 4.69) is 4.98 Å². The fourth-order valence-electron chi connectivity index (χ4n) is 2.38. The second-order valence-corrected chi connectivity index (χ2v) is 5.63. The number of carboxylic acids is 1. The van der Waals surface area contributed by atoms with Crippen molar-refractivity contribution in [1.29, 1.82) is 0 Å². The molecule has 2 N–H and O–H groups in total. The van der Waals surface area contributed by atoms with Gasteiger partial charge in [0.25, 0.3) is 0 Å². The molecular weight excluding hydrogens is 304 g/mol. The number of unbranched alkanes of at least 4 members (excludes halogenated alkanes) is 3. The molecule has 0 fully saturated rings. The SMILES string of the molecule is O=C(O)CCCCCCn1c(-c2ccc(Cl)cc2)c[nH]c1=O. The summed E-state index contributed by atoms with van der Waals surface area (Å²) in [6.45, 7) is 0.618. The number of aliphatic carboxylic acids is 1. The average molecular weight is 323 g/mol. The molecule has 1 heterocycles. The van der Waals surface area contributed by atoms with E-state index in [0.717, 1.165) is 30.5 Å². The Morgan fingerprint density at radius 1 is 1.14 bits per heavy atom. The number of halogens is 1. The fraction of sp³-hybridized carbons (Fsp3) is 0.375. The number of nitrogens with one attached hydrogen (secondary N) is 1. The molecule has 2 rings (SSSR count). The smallest absolute Gasteiger partial charge is 0.325 e. The van der Waals surface area contributed by atoms with Gasteiger partial charge in [-0.2, -0.15) is 0 Å². The molecule has 0 aliphatic carbocycles. The molecule has 1 aromatic carbocycles. The lowest BCUT2D eigenvalue weighted by atomic mass is 10.1. The molecular formula is C16H19ClN2O3. The van der Waals surface area contributed by atoms with Crippen molar-refractivity contribution in [3.63, 3.8) is 0 Å². The van der Waals surface area contributed by atoms with Crippen molar-refractivity contribution < 1.29 is 9.90 Å². The Hall–Kier alpha value is -2.01. The number of imidazole rings is 1. The number of carbonyl (C=O) groups is 1. The minimum atomic E-state index is -0.758. The molecule has 0 saturated carbocycles. The Labute approximate surface area is 133 Å². The predicted octanol–water partition coefficient (Wildman–Crippen LogP) is 3.53. The minimum Gasteiger partial charge on any atom is -0.481 e. The fourth-order valence-corrected chi connectivity index (χ4v) is 2.50. The number of rotatable bonds is 8. The third kappa shape index (κ3) is 4.49. The van der Waals surface area contributed by atoms with Crippen LogP contribution in [0, 0.1) is 0 Å². The highest BCUT2D eigenvalue weighted by molar-refractivity contribution is 6.30. The van der Waals surface area contributed by atoms with Crippen LogP contribution in [0.3, 0.4) is 0 Å². The van der Waals surface area contributed by atoms with Gasteiger partial charge in [0.1, 0.15) is 0 Å². The molecule has 2 aromatic rings. The van der Waals surface area contributed by atoms with E-state index in [4.69, 9.17) is 16.7 Å². The molecule has 22 heavy (non-hydrogen) atoms. The highest BCUT2D eigenvalue weighted by atomic mass is 35.5. The van der Waals surface area contributed by atoms with Gasteiger partial charge in [-0.3, -0.25) is 9.36 Å². The standard InChI is InChI=1S/C16H19ClN2O3/c17-13-8-6-12(7-9-13)14-11-18-16(22)19(14)10-4-2-1-3-5-15(20)21/h6-9,11H,1-5,10H2,(H,18,22)(H,20,21). The molecule has 0 atom stereocenters. The van der Waals surface area contributed by atoms with Gasteiger partial charge < -0.3 is 10.1 Å². The molecule has 0 unspecified atom stereocenters. The average Bonchev–Trinajstić information content (AvgIpc) is 2.84. The van der Waals surface area contributed by atoms with Crippen LogP contribution in [0.1, 0.15) is 32.1 Å². The highest BCUT2D eigenvalue weighted by Gasteiger charge is 2.08. The van der Waals surface area contributed by atoms with E-state index < -0.39 is 5.97 Å². The second-order valence-electron chi connectivity index (χ2n) is 5.20. The third-order valence-corrected chi connectivity index (χ3v) is 3.78. The first kappa shape index (κ1) is 16.4. The lowest BCUT2D eigenvalue weighted by Gasteiger charge is -2.07. The van der Waals surface area contributed by atoms with Gasteiger partial charge in [0.05, 0.1) is 5.69 Å². The quantitative estimate of drug-likeness (QED) is 0.730. The van der Waals surface area contributed by atoms with Gasteiger partial charge in [0.2, 0.25) is 0 Å². The summed E-state index contributed by atoms with van der Waals surface area (Å²) >= 11 is 5.88. The summed E-state index contributed by atoms with van der Waals surface area (Å²) in [5.74, 6) is -0.758. The van der Waals surface area contributed by atoms with Crippen LogP contribution in [0.2, 0.25) is 5.02 Å². The first-order chi connectivity index (χ1) is 10.6. The summed E-state index contributed by atoms with van der Waals surface area (Å²) in [6.07, 6.45) is 5.21. The number of benzene rings is 1. The Balaban J connectivity index is 1.94. The maximum absolute atomic E-state index is 11.9. The van der Waals surface area contributed by atoms with Crippen molar-refractivity contribution >= 4 is 17.6 Å². The molecule has 0 aliphatic rings. The molecule has 0 spiro atoms. The number of hydrogen-bond donors (Lipinski definition) is 2. The molecule has 5 nitrogen and oxygen atoms in total. The first-order valence-corrected chi connectivity index (χ1v) is 7.71. The van der Waals surface area contributed by atoms with Gasteiger partial charge in [-0.15, -0.1) is 0 Å². The number of hydrogen-bond acceptors (Lipinski definition) is 2. The lowest BCUT2D eigenvalue weighted by molar-refractivity contribution is -0.137. The summed E-state index contributed by atoms with van der Waals surface area (Å²) < 4.78 is 1.71. The van der Waals surface area contributed by atoms with Crippen molar-refractivity contribution in [2.75, 3.05) is 0 Å². The van der Waals surface area contributed by atoms with Crippen LogP contribution in [-0.4, -0.2) is 20.6 Å². The molecule has 0 aliphatic heterocycles. The van der Waals surface area contributed by atoms with Crippen LogP contribution in [0.15, 0.2) is 35.3 Å². The summed E-state index contributed by atoms with van der Waals surface area (Å²) in [7, 11) is 0. The molecule has 118 valence electrons. The molecule has 6 heteroatoms. The highest BCUT2D eigenvalue weighted by Crippen LogP contribution is 2.20. The van der Waals surface area contributed by atoms with E-state index in [9.17, 15) is 9.59 Å². The van der Waals surface area contributed by atoms with Crippen molar-refractivity contribution in [2.45, 2.75) is 38.6 Å². The second kappa shape index (κ2) is 7.84. The number of carboxylic acid groups (broad SMARTS) is 1. The molecule has 0 saturated heterocycles. The first-order valence-electron chi connectivity index (χ1n) is 7.34. The predicted molar refractivity (Wildman–Crippen MR) is 86.2 cm³/mol. The zero-order chi connectivity index (χ0) is 15.9. The Morgan fingerprint density at radius 2 is 1.82 bits per heavy atom. The van der Waals surface area contributed by atoms with Gasteiger partial charge in [0, 0.05) is 24.2 Å². The summed E-state index contributed by atoms with van der Waals surface area (Å²) in [6, 6.07) is 7.36. The number of nitrogens with zero attached hydrogens (tertiary/aromatic N) is 1. The van der Waals surface area contributed by atoms with Crippen LogP contribution < -0.4 is 5.69 Å². The van der Waals surface area contributed by atoms with Crippen molar-refractivity contribution in [3.05, 3.63) is 46.0 Å². The third-order valence-electron chi connectivity index (χ3n) is 3.53. The Kier molecular flexibility index (Phi) is 5.83. The Morgan fingerprint density at radius 3 is 2.50 bits per heavy atom. The molecule has 0 amide bonds. The van der Waals surface area contributed by atoms with E-state index in [1.54, 1.807) is 22.9 Å². The van der Waals surface area contributed by atoms with Gasteiger partial charge >= 0.3 is 11.7 Å². The maximum Gasteiger partial charge on any atom is 0.325 e. The molecule has 1 aromatic heterocycles. The molecule has 0 bridgehead atoms. The van der Waals surface area contributed by atoms with E-state index in [0.29, 0.717) is 18.0 Å². The van der Waals surface area contributed by atoms with Gasteiger partial charge in [-0.25, -0.2) is 4.79 Å². The number of H-pyrrole nitrogens is 1.